The normalized spacial score (nSPS) is 28.7. The number of carboxylic acids is 1. The Morgan fingerprint density at radius 1 is 1.04 bits per heavy atom. The van der Waals surface area contributed by atoms with Gasteiger partial charge in [-0.1, -0.05) is 37.0 Å². The number of allylic oxidation sites excluding steroid dienone is 4. The van der Waals surface area contributed by atoms with Gasteiger partial charge >= 0.3 is 11.9 Å². The van der Waals surface area contributed by atoms with Crippen LogP contribution in [0.4, 0.5) is 5.69 Å². The van der Waals surface area contributed by atoms with Crippen molar-refractivity contribution in [3.8, 4) is 11.8 Å². The van der Waals surface area contributed by atoms with Crippen LogP contribution in [0.15, 0.2) is 47.1 Å². The first-order valence-electron chi connectivity index (χ1n) is 16.9. The van der Waals surface area contributed by atoms with Gasteiger partial charge < -0.3 is 19.8 Å². The van der Waals surface area contributed by atoms with Gasteiger partial charge in [0, 0.05) is 37.0 Å². The fourth-order valence-electron chi connectivity index (χ4n) is 8.74. The summed E-state index contributed by atoms with van der Waals surface area (Å²) in [6.07, 6.45) is 11.4. The lowest BCUT2D eigenvalue weighted by atomic mass is 9.51. The Kier molecular flexibility index (Phi) is 10.2. The number of carbonyl (C=O) groups excluding carboxylic acids is 2. The highest BCUT2D eigenvalue weighted by Crippen LogP contribution is 2.66. The maximum Gasteiger partial charge on any atom is 0.306 e. The molecule has 2 saturated carbocycles. The zero-order valence-electron chi connectivity index (χ0n) is 27.2. The van der Waals surface area contributed by atoms with Crippen molar-refractivity contribution in [2.75, 3.05) is 25.1 Å². The van der Waals surface area contributed by atoms with Gasteiger partial charge in [-0.2, -0.15) is 0 Å². The number of rotatable bonds is 12. The number of benzene rings is 1. The van der Waals surface area contributed by atoms with Crippen LogP contribution in [0.1, 0.15) is 109 Å². The van der Waals surface area contributed by atoms with Gasteiger partial charge in [0.2, 0.25) is 0 Å². The highest BCUT2D eigenvalue weighted by molar-refractivity contribution is 5.93. The van der Waals surface area contributed by atoms with E-state index >= 15 is 0 Å². The van der Waals surface area contributed by atoms with Crippen molar-refractivity contribution in [3.63, 3.8) is 0 Å². The third kappa shape index (κ3) is 6.92. The quantitative estimate of drug-likeness (QED) is 0.152. The van der Waals surface area contributed by atoms with E-state index in [1.807, 2.05) is 13.0 Å². The lowest BCUT2D eigenvalue weighted by molar-refractivity contribution is -0.147. The van der Waals surface area contributed by atoms with E-state index in [9.17, 15) is 19.5 Å². The predicted octanol–water partition coefficient (Wildman–Crippen LogP) is 6.75. The smallest absolute Gasteiger partial charge is 0.306 e. The minimum Gasteiger partial charge on any atom is -0.481 e. The zero-order chi connectivity index (χ0) is 32.2. The molecule has 0 bridgehead atoms. The number of esters is 1. The van der Waals surface area contributed by atoms with Crippen molar-refractivity contribution in [1.82, 2.24) is 0 Å². The number of anilines is 1. The monoisotopic (exact) mass is 615 g/mol. The van der Waals surface area contributed by atoms with E-state index in [0.717, 1.165) is 70.8 Å². The largest absolute Gasteiger partial charge is 0.481 e. The van der Waals surface area contributed by atoms with Crippen LogP contribution in [0.25, 0.3) is 0 Å². The maximum atomic E-state index is 12.3. The highest BCUT2D eigenvalue weighted by atomic mass is 16.5. The van der Waals surface area contributed by atoms with Crippen molar-refractivity contribution in [2.24, 2.45) is 17.3 Å². The third-order valence-corrected chi connectivity index (χ3v) is 11.1. The molecule has 7 heteroatoms. The summed E-state index contributed by atoms with van der Waals surface area (Å²) in [6.45, 7) is 5.37. The minimum absolute atomic E-state index is 0.0757. The molecule has 45 heavy (non-hydrogen) atoms. The average molecular weight is 616 g/mol. The fourth-order valence-corrected chi connectivity index (χ4v) is 8.74. The molecule has 0 heterocycles. The van der Waals surface area contributed by atoms with Crippen molar-refractivity contribution in [2.45, 2.75) is 109 Å². The Hall–Kier alpha value is -3.37. The number of nitrogens with zero attached hydrogens (tertiary/aromatic N) is 1. The number of ketones is 1. The van der Waals surface area contributed by atoms with Gasteiger partial charge in [-0.05, 0) is 111 Å². The summed E-state index contributed by atoms with van der Waals surface area (Å²) in [5.41, 5.74) is 5.40. The summed E-state index contributed by atoms with van der Waals surface area (Å²) in [5, 5.41) is 20.6. The Balaban J connectivity index is 1.25. The molecule has 5 rings (SSSR count). The first-order valence-corrected chi connectivity index (χ1v) is 16.9. The average Bonchev–Trinajstić information content (AvgIpc) is 3.28. The van der Waals surface area contributed by atoms with Crippen LogP contribution in [0.3, 0.4) is 0 Å². The van der Waals surface area contributed by atoms with E-state index in [4.69, 9.17) is 9.84 Å². The Labute approximate surface area is 268 Å². The summed E-state index contributed by atoms with van der Waals surface area (Å²) in [6, 6.07) is 8.98. The fraction of sp³-hybridized carbons (Fsp3) is 0.605. The number of hydrogen-bond acceptors (Lipinski definition) is 6. The van der Waals surface area contributed by atoms with Gasteiger partial charge in [0.05, 0.1) is 19.4 Å². The molecule has 1 aromatic carbocycles. The molecule has 4 aliphatic rings. The summed E-state index contributed by atoms with van der Waals surface area (Å²) < 4.78 is 5.12. The molecule has 4 aliphatic carbocycles. The molecule has 2 N–H and O–H groups in total. The second kappa shape index (κ2) is 14.0. The van der Waals surface area contributed by atoms with Gasteiger partial charge in [0.15, 0.2) is 5.78 Å². The molecule has 2 fully saturated rings. The number of unbranched alkanes of at least 4 members (excludes halogenated alkanes) is 3. The van der Waals surface area contributed by atoms with Crippen LogP contribution >= 0.6 is 0 Å². The summed E-state index contributed by atoms with van der Waals surface area (Å²) >= 11 is 0. The molecular formula is C38H49NO6. The van der Waals surface area contributed by atoms with Crippen LogP contribution in [-0.2, 0) is 19.1 Å². The van der Waals surface area contributed by atoms with Gasteiger partial charge in [0.25, 0.3) is 0 Å². The number of aliphatic hydroxyl groups is 1. The van der Waals surface area contributed by atoms with E-state index < -0.39 is 17.5 Å². The zero-order valence-corrected chi connectivity index (χ0v) is 27.2. The topological polar surface area (TPSA) is 104 Å². The molecule has 0 aromatic heterocycles. The predicted molar refractivity (Wildman–Crippen MR) is 175 cm³/mol. The van der Waals surface area contributed by atoms with Gasteiger partial charge in [0.1, 0.15) is 5.60 Å². The van der Waals surface area contributed by atoms with Crippen LogP contribution in [-0.4, -0.2) is 53.7 Å². The molecule has 1 aromatic rings. The van der Waals surface area contributed by atoms with Crippen LogP contribution in [0.5, 0.6) is 0 Å². The van der Waals surface area contributed by atoms with Crippen LogP contribution < -0.4 is 4.90 Å². The summed E-state index contributed by atoms with van der Waals surface area (Å²) in [4.78, 5) is 36.7. The first kappa shape index (κ1) is 33.0. The Morgan fingerprint density at radius 2 is 1.80 bits per heavy atom. The van der Waals surface area contributed by atoms with E-state index in [-0.39, 0.29) is 30.0 Å². The number of fused-ring (bicyclic) bond motifs is 4. The molecule has 7 nitrogen and oxygen atoms in total. The Morgan fingerprint density at radius 3 is 2.53 bits per heavy atom. The molecule has 0 saturated heterocycles. The number of carbonyl (C=O) groups is 3. The van der Waals surface area contributed by atoms with Gasteiger partial charge in [-0.3, -0.25) is 14.4 Å². The second-order valence-electron chi connectivity index (χ2n) is 13.8. The minimum atomic E-state index is -0.989. The van der Waals surface area contributed by atoms with Gasteiger partial charge in [-0.15, -0.1) is 5.92 Å². The van der Waals surface area contributed by atoms with E-state index in [1.165, 1.54) is 28.0 Å². The van der Waals surface area contributed by atoms with E-state index in [1.54, 1.807) is 0 Å². The number of carboxylic acid groups (broad SMARTS) is 1. The van der Waals surface area contributed by atoms with E-state index in [2.05, 4.69) is 55.0 Å². The Bertz CT molecular complexity index is 1410. The van der Waals surface area contributed by atoms with Crippen molar-refractivity contribution in [3.05, 3.63) is 52.6 Å². The van der Waals surface area contributed by atoms with Crippen molar-refractivity contribution in [1.29, 1.82) is 0 Å². The summed E-state index contributed by atoms with van der Waals surface area (Å²) in [7, 11) is 2.12. The first-order chi connectivity index (χ1) is 21.6. The molecule has 242 valence electrons. The van der Waals surface area contributed by atoms with Crippen LogP contribution in [0, 0.1) is 29.1 Å². The maximum absolute atomic E-state index is 12.3. The molecule has 0 aliphatic heterocycles. The summed E-state index contributed by atoms with van der Waals surface area (Å²) in [5.74, 6) is 6.12. The standard InChI is InChI=1S/C38H49NO6/c1-4-20-38(44)21-19-33-31-15-11-27-24-29(40)14-16-30(27)36(31)32(25-37(33,38)2)26-9-12-28(13-10-26)39(3)22-7-5-6-8-23-45-35(43)18-17-34(41)42/h9-10,12-13,24,31-33,44H,5-8,11,14-19,21-23,25H2,1-3H3,(H,41,42)/t31-,32+,33-,37-,38-/m0/s1. The molecule has 0 unspecified atom stereocenters. The molecule has 5 atom stereocenters. The number of hydrogen-bond donors (Lipinski definition) is 2. The lowest BCUT2D eigenvalue weighted by Crippen LogP contribution is -2.51. The number of ether oxygens (including phenoxy) is 1. The van der Waals surface area contributed by atoms with Crippen LogP contribution in [0.2, 0.25) is 0 Å². The number of aliphatic carboxylic acids is 1. The second-order valence-corrected chi connectivity index (χ2v) is 13.8. The highest BCUT2D eigenvalue weighted by Gasteiger charge is 2.62. The lowest BCUT2D eigenvalue weighted by Gasteiger charge is -2.53. The SMILES string of the molecule is CC#C[C@]1(O)CC[C@H]2[C@@H]3CCC4=CC(=O)CCC4=C3[C@@H](c3ccc(N(C)CCCCCCOC(=O)CCC(=O)O)cc3)C[C@@]21C. The van der Waals surface area contributed by atoms with Crippen molar-refractivity contribution >= 4 is 23.4 Å². The molecule has 0 radical (unpaired) electrons. The van der Waals surface area contributed by atoms with Crippen molar-refractivity contribution < 1.29 is 29.3 Å². The molecular weight excluding hydrogens is 566 g/mol. The molecule has 0 spiro atoms. The third-order valence-electron chi connectivity index (χ3n) is 11.1. The van der Waals surface area contributed by atoms with E-state index in [0.29, 0.717) is 24.9 Å². The molecule has 0 amide bonds. The van der Waals surface area contributed by atoms with Gasteiger partial charge in [-0.25, -0.2) is 0 Å².